The molecule has 182 valence electrons. The van der Waals surface area contributed by atoms with E-state index in [1.54, 1.807) is 19.6 Å². The maximum atomic E-state index is 2.22. The van der Waals surface area contributed by atoms with Gasteiger partial charge in [0, 0.05) is 0 Å². The van der Waals surface area contributed by atoms with E-state index in [2.05, 4.69) is 83.1 Å². The molecule has 0 unspecified atom stereocenters. The third-order valence-electron chi connectivity index (χ3n) is 6.00. The van der Waals surface area contributed by atoms with E-state index in [0.29, 0.717) is 0 Å². The number of nitrogens with one attached hydrogen (secondary N) is 4. The molecule has 0 amide bonds. The first kappa shape index (κ1) is 39.9. The predicted molar refractivity (Wildman–Crippen MR) is 130 cm³/mol. The van der Waals surface area contributed by atoms with Crippen molar-refractivity contribution in [2.24, 2.45) is 0 Å². The zero-order chi connectivity index (χ0) is 22.8. The van der Waals surface area contributed by atoms with E-state index >= 15 is 0 Å². The van der Waals surface area contributed by atoms with Crippen LogP contribution in [0.15, 0.2) is 0 Å². The monoisotopic (exact) mass is 510 g/mol. The van der Waals surface area contributed by atoms with Crippen molar-refractivity contribution in [2.45, 2.75) is 83.1 Å². The molecule has 0 heterocycles. The minimum Gasteiger partial charge on any atom is -0.336 e. The Balaban J connectivity index is -0.0000000873. The van der Waals surface area contributed by atoms with Crippen LogP contribution in [0.1, 0.15) is 83.1 Å². The van der Waals surface area contributed by atoms with Crippen molar-refractivity contribution < 1.29 is 39.1 Å². The molecule has 0 bridgehead atoms. The molecular weight excluding hydrogens is 445 g/mol. The van der Waals surface area contributed by atoms with E-state index in [-0.39, 0.29) is 19.5 Å². The first-order chi connectivity index (χ1) is 13.4. The van der Waals surface area contributed by atoms with Crippen LogP contribution in [0.5, 0.6) is 0 Å². The van der Waals surface area contributed by atoms with Gasteiger partial charge in [0.25, 0.3) is 0 Å². The third kappa shape index (κ3) is 33.3. The largest absolute Gasteiger partial charge is 2.00 e. The van der Waals surface area contributed by atoms with Gasteiger partial charge in [-0.05, 0) is 83.1 Å². The zero-order valence-electron chi connectivity index (χ0n) is 22.8. The summed E-state index contributed by atoms with van der Waals surface area (Å²) >= 11 is 0. The van der Waals surface area contributed by atoms with Crippen molar-refractivity contribution >= 4 is 0 Å². The van der Waals surface area contributed by atoms with Gasteiger partial charge in [0.05, 0.1) is 78.5 Å². The summed E-state index contributed by atoms with van der Waals surface area (Å²) in [5.41, 5.74) is 0. The first-order valence-corrected chi connectivity index (χ1v) is 12.7. The average molecular weight is 510 g/mol. The molecular formula is C24H64N4Ru+6. The predicted octanol–water partition coefficient (Wildman–Crippen LogP) is -0.278. The van der Waals surface area contributed by atoms with Crippen molar-refractivity contribution in [2.75, 3.05) is 78.5 Å². The van der Waals surface area contributed by atoms with Crippen LogP contribution >= 0.6 is 0 Å². The third-order valence-corrected chi connectivity index (χ3v) is 6.00. The molecule has 0 aliphatic carbocycles. The molecule has 0 aliphatic rings. The van der Waals surface area contributed by atoms with Gasteiger partial charge >= 0.3 is 19.5 Å². The van der Waals surface area contributed by atoms with Crippen molar-refractivity contribution in [1.82, 2.24) is 0 Å². The van der Waals surface area contributed by atoms with Crippen LogP contribution in [0.3, 0.4) is 0 Å². The average Bonchev–Trinajstić information content (AvgIpc) is 2.75. The summed E-state index contributed by atoms with van der Waals surface area (Å²) in [6, 6.07) is 0. The summed E-state index contributed by atoms with van der Waals surface area (Å²) in [7, 11) is 0. The normalized spacial score (nSPS) is 9.93. The summed E-state index contributed by atoms with van der Waals surface area (Å²) in [6.07, 6.45) is 0. The van der Waals surface area contributed by atoms with Crippen molar-refractivity contribution in [3.63, 3.8) is 0 Å². The van der Waals surface area contributed by atoms with E-state index in [9.17, 15) is 0 Å². The Morgan fingerprint density at radius 3 is 0.310 bits per heavy atom. The van der Waals surface area contributed by atoms with Crippen LogP contribution in [0.2, 0.25) is 0 Å². The Kier molecular flexibility index (Phi) is 49.3. The van der Waals surface area contributed by atoms with Crippen molar-refractivity contribution in [3.8, 4) is 0 Å². The fourth-order valence-electron chi connectivity index (χ4n) is 3.00. The summed E-state index contributed by atoms with van der Waals surface area (Å²) in [6.45, 7) is 41.9. The van der Waals surface area contributed by atoms with Gasteiger partial charge in [-0.3, -0.25) is 0 Å². The maximum absolute atomic E-state index is 2.22. The summed E-state index contributed by atoms with van der Waals surface area (Å²) in [5, 5.41) is 0. The molecule has 0 aromatic carbocycles. The fraction of sp³-hybridized carbons (Fsp3) is 1.00. The van der Waals surface area contributed by atoms with Gasteiger partial charge in [-0.25, -0.2) is 0 Å². The van der Waals surface area contributed by atoms with Crippen LogP contribution in [0.25, 0.3) is 0 Å². The molecule has 0 atom stereocenters. The minimum absolute atomic E-state index is 0. The Labute approximate surface area is 200 Å². The zero-order valence-corrected chi connectivity index (χ0v) is 24.6. The van der Waals surface area contributed by atoms with Gasteiger partial charge < -0.3 is 19.6 Å². The SMILES string of the molecule is CC[NH+](CC)CC.CC[NH+](CC)CC.CC[NH+](CC)CC.CC[NH+](CC)CC.[Ru+2]. The van der Waals surface area contributed by atoms with E-state index in [0.717, 1.165) is 0 Å². The Morgan fingerprint density at radius 2 is 0.310 bits per heavy atom. The van der Waals surface area contributed by atoms with Crippen LogP contribution in [-0.4, -0.2) is 78.5 Å². The van der Waals surface area contributed by atoms with E-state index in [4.69, 9.17) is 0 Å². The Bertz CT molecular complexity index is 157. The molecule has 0 radical (unpaired) electrons. The molecule has 0 saturated carbocycles. The topological polar surface area (TPSA) is 17.8 Å². The molecule has 0 rings (SSSR count). The quantitative estimate of drug-likeness (QED) is 0.260. The van der Waals surface area contributed by atoms with Gasteiger partial charge in [0.2, 0.25) is 0 Å². The van der Waals surface area contributed by atoms with Crippen molar-refractivity contribution in [3.05, 3.63) is 0 Å². The standard InChI is InChI=1S/4C6H15N.Ru/c4*1-4-7(5-2)6-3;/h4*4-6H2,1-3H3;/q;;;;+2/p+4. The number of hydrogen-bond donors (Lipinski definition) is 4. The number of rotatable bonds is 12. The fourth-order valence-corrected chi connectivity index (χ4v) is 3.00. The molecule has 29 heavy (non-hydrogen) atoms. The van der Waals surface area contributed by atoms with Crippen LogP contribution in [-0.2, 0) is 19.5 Å². The van der Waals surface area contributed by atoms with E-state index < -0.39 is 0 Å². The van der Waals surface area contributed by atoms with Crippen LogP contribution < -0.4 is 19.6 Å². The molecule has 0 spiro atoms. The Hall–Kier alpha value is 0.463. The van der Waals surface area contributed by atoms with E-state index in [1.165, 1.54) is 78.5 Å². The first-order valence-electron chi connectivity index (χ1n) is 12.7. The van der Waals surface area contributed by atoms with Crippen LogP contribution in [0.4, 0.5) is 0 Å². The molecule has 0 aromatic heterocycles. The molecule has 4 nitrogen and oxygen atoms in total. The maximum Gasteiger partial charge on any atom is 2.00 e. The number of hydrogen-bond acceptors (Lipinski definition) is 0. The molecule has 0 saturated heterocycles. The molecule has 5 heteroatoms. The Morgan fingerprint density at radius 1 is 0.241 bits per heavy atom. The second-order valence-electron chi connectivity index (χ2n) is 7.24. The summed E-state index contributed by atoms with van der Waals surface area (Å²) in [5.74, 6) is 0. The second-order valence-corrected chi connectivity index (χ2v) is 7.24. The molecule has 0 aromatic rings. The van der Waals surface area contributed by atoms with Crippen molar-refractivity contribution in [1.29, 1.82) is 0 Å². The second kappa shape index (κ2) is 35.9. The molecule has 0 fully saturated rings. The summed E-state index contributed by atoms with van der Waals surface area (Å²) < 4.78 is 0. The van der Waals surface area contributed by atoms with Gasteiger partial charge in [-0.15, -0.1) is 0 Å². The smallest absolute Gasteiger partial charge is 0.336 e. The van der Waals surface area contributed by atoms with Gasteiger partial charge in [0.15, 0.2) is 0 Å². The van der Waals surface area contributed by atoms with Gasteiger partial charge in [-0.2, -0.15) is 0 Å². The molecule has 4 N–H and O–H groups in total. The van der Waals surface area contributed by atoms with Gasteiger partial charge in [-0.1, -0.05) is 0 Å². The molecule has 0 aliphatic heterocycles. The minimum atomic E-state index is 0. The van der Waals surface area contributed by atoms with E-state index in [1.807, 2.05) is 0 Å². The van der Waals surface area contributed by atoms with Crippen LogP contribution in [0, 0.1) is 0 Å². The number of quaternary nitrogens is 4. The summed E-state index contributed by atoms with van der Waals surface area (Å²) in [4.78, 5) is 6.72. The van der Waals surface area contributed by atoms with Gasteiger partial charge in [0.1, 0.15) is 0 Å².